The van der Waals surface area contributed by atoms with Crippen molar-refractivity contribution in [3.8, 4) is 0 Å². The van der Waals surface area contributed by atoms with Gasteiger partial charge in [0.25, 0.3) is 5.91 Å². The van der Waals surface area contributed by atoms with E-state index >= 15 is 0 Å². The molecule has 0 spiro atoms. The minimum atomic E-state index is -2.47. The Labute approximate surface area is 164 Å². The first-order valence-electron chi connectivity index (χ1n) is 9.15. The van der Waals surface area contributed by atoms with E-state index in [0.717, 1.165) is 0 Å². The van der Waals surface area contributed by atoms with E-state index in [1.54, 1.807) is 28.8 Å². The van der Waals surface area contributed by atoms with Crippen molar-refractivity contribution in [3.63, 3.8) is 0 Å². The second kappa shape index (κ2) is 8.18. The summed E-state index contributed by atoms with van der Waals surface area (Å²) in [6.45, 7) is -0.339. The summed E-state index contributed by atoms with van der Waals surface area (Å²) < 4.78 is 33.0. The third kappa shape index (κ3) is 3.94. The summed E-state index contributed by atoms with van der Waals surface area (Å²) in [5, 5.41) is 12.2. The van der Waals surface area contributed by atoms with Crippen LogP contribution >= 0.6 is 0 Å². The number of ether oxygens (including phenoxy) is 1. The van der Waals surface area contributed by atoms with Crippen molar-refractivity contribution in [2.75, 3.05) is 11.9 Å². The number of carbonyl (C=O) groups excluding carboxylic acids is 1. The Hall–Kier alpha value is -2.98. The summed E-state index contributed by atoms with van der Waals surface area (Å²) in [5.41, 5.74) is 1.24. The predicted molar refractivity (Wildman–Crippen MR) is 99.4 cm³/mol. The van der Waals surface area contributed by atoms with Crippen molar-refractivity contribution < 1.29 is 23.4 Å². The van der Waals surface area contributed by atoms with E-state index in [9.17, 15) is 18.7 Å². The molecule has 3 unspecified atom stereocenters. The van der Waals surface area contributed by atoms with E-state index in [4.69, 9.17) is 4.74 Å². The molecule has 3 heterocycles. The number of halogens is 2. The van der Waals surface area contributed by atoms with E-state index in [1.165, 1.54) is 12.7 Å². The molecule has 2 aromatic heterocycles. The van der Waals surface area contributed by atoms with Crippen LogP contribution in [0.1, 0.15) is 29.4 Å². The number of nitrogens with zero attached hydrogens (tertiary/aromatic N) is 4. The van der Waals surface area contributed by atoms with Crippen LogP contribution in [0.2, 0.25) is 0 Å². The highest BCUT2D eigenvalue weighted by Gasteiger charge is 2.38. The maximum Gasteiger partial charge on any atom is 0.256 e. The van der Waals surface area contributed by atoms with Crippen LogP contribution in [-0.4, -0.2) is 49.7 Å². The zero-order valence-electron chi connectivity index (χ0n) is 15.3. The summed E-state index contributed by atoms with van der Waals surface area (Å²) in [6.07, 6.45) is -1.02. The van der Waals surface area contributed by atoms with Gasteiger partial charge in [0.05, 0.1) is 19.0 Å². The van der Waals surface area contributed by atoms with E-state index in [0.29, 0.717) is 23.1 Å². The minimum absolute atomic E-state index is 0.239. The number of aliphatic hydroxyl groups is 1. The van der Waals surface area contributed by atoms with Crippen LogP contribution in [0.15, 0.2) is 43.0 Å². The molecule has 0 radical (unpaired) electrons. The Morgan fingerprint density at radius 1 is 1.28 bits per heavy atom. The number of imidazole rings is 1. The number of nitrogens with one attached hydrogen (secondary N) is 1. The van der Waals surface area contributed by atoms with E-state index < -0.39 is 24.7 Å². The van der Waals surface area contributed by atoms with Crippen molar-refractivity contribution in [2.24, 2.45) is 5.92 Å². The number of aromatic nitrogens is 4. The van der Waals surface area contributed by atoms with Gasteiger partial charge in [-0.2, -0.15) is 0 Å². The van der Waals surface area contributed by atoms with Crippen molar-refractivity contribution >= 4 is 22.9 Å². The molecule has 29 heavy (non-hydrogen) atoms. The van der Waals surface area contributed by atoms with Crippen LogP contribution in [0.4, 0.5) is 14.6 Å². The normalized spacial score (nSPS) is 21.7. The standard InChI is InChI=1S/C19H19F2N5O3/c20-14(21)6-12-7-15(29-13(12)8-27)26-10-24-16-17(22-9-23-18(16)26)25-19(28)11-4-2-1-3-5-11/h1-5,9-10,12-15,27H,6-8H2,(H,22,23,25,28). The number of benzene rings is 1. The molecule has 2 N–H and O–H groups in total. The Morgan fingerprint density at radius 2 is 2.07 bits per heavy atom. The van der Waals surface area contributed by atoms with Gasteiger partial charge in [0.2, 0.25) is 6.43 Å². The molecule has 1 saturated heterocycles. The Kier molecular flexibility index (Phi) is 5.45. The van der Waals surface area contributed by atoms with E-state index in [-0.39, 0.29) is 24.8 Å². The fourth-order valence-electron chi connectivity index (χ4n) is 3.55. The van der Waals surface area contributed by atoms with Gasteiger partial charge in [0, 0.05) is 12.0 Å². The lowest BCUT2D eigenvalue weighted by Crippen LogP contribution is -2.22. The van der Waals surface area contributed by atoms with Crippen LogP contribution < -0.4 is 5.32 Å². The number of alkyl halides is 2. The molecule has 4 rings (SSSR count). The average molecular weight is 403 g/mol. The molecule has 10 heteroatoms. The lowest BCUT2D eigenvalue weighted by molar-refractivity contribution is -0.0343. The molecule has 152 valence electrons. The van der Waals surface area contributed by atoms with Crippen LogP contribution in [-0.2, 0) is 4.74 Å². The molecule has 1 fully saturated rings. The maximum absolute atomic E-state index is 12.8. The minimum Gasteiger partial charge on any atom is -0.394 e. The first kappa shape index (κ1) is 19.3. The van der Waals surface area contributed by atoms with Gasteiger partial charge in [-0.05, 0) is 24.5 Å². The predicted octanol–water partition coefficient (Wildman–Crippen LogP) is 2.63. The lowest BCUT2D eigenvalue weighted by atomic mass is 9.97. The Morgan fingerprint density at radius 3 is 2.79 bits per heavy atom. The molecule has 3 aromatic rings. The SMILES string of the molecule is O=C(Nc1ncnc2c1ncn2C1CC(CC(F)F)C(CO)O1)c1ccccc1. The molecular weight excluding hydrogens is 384 g/mol. The monoisotopic (exact) mass is 403 g/mol. The third-order valence-electron chi connectivity index (χ3n) is 4.96. The number of amides is 1. The molecule has 8 nitrogen and oxygen atoms in total. The zero-order chi connectivity index (χ0) is 20.4. The molecule has 3 atom stereocenters. The van der Waals surface area contributed by atoms with Gasteiger partial charge in [-0.25, -0.2) is 23.7 Å². The van der Waals surface area contributed by atoms with Crippen molar-refractivity contribution in [3.05, 3.63) is 48.5 Å². The number of hydrogen-bond donors (Lipinski definition) is 2. The molecule has 1 amide bonds. The van der Waals surface area contributed by atoms with Crippen LogP contribution in [0.3, 0.4) is 0 Å². The third-order valence-corrected chi connectivity index (χ3v) is 4.96. The van der Waals surface area contributed by atoms with Gasteiger partial charge < -0.3 is 15.2 Å². The number of carbonyl (C=O) groups is 1. The fourth-order valence-corrected chi connectivity index (χ4v) is 3.55. The molecule has 1 aliphatic heterocycles. The molecule has 0 bridgehead atoms. The topological polar surface area (TPSA) is 102 Å². The smallest absolute Gasteiger partial charge is 0.256 e. The van der Waals surface area contributed by atoms with Gasteiger partial charge >= 0.3 is 0 Å². The van der Waals surface area contributed by atoms with E-state index in [1.807, 2.05) is 6.07 Å². The highest BCUT2D eigenvalue weighted by molar-refractivity contribution is 6.06. The number of aliphatic hydroxyl groups excluding tert-OH is 1. The van der Waals surface area contributed by atoms with Crippen molar-refractivity contribution in [2.45, 2.75) is 31.6 Å². The van der Waals surface area contributed by atoms with Gasteiger partial charge in [-0.1, -0.05) is 18.2 Å². The molecular formula is C19H19F2N5O3. The summed E-state index contributed by atoms with van der Waals surface area (Å²) in [4.78, 5) is 25.0. The average Bonchev–Trinajstić information content (AvgIpc) is 3.32. The van der Waals surface area contributed by atoms with Crippen molar-refractivity contribution in [1.29, 1.82) is 0 Å². The number of fused-ring (bicyclic) bond motifs is 1. The van der Waals surface area contributed by atoms with Gasteiger partial charge in [-0.3, -0.25) is 9.36 Å². The summed E-state index contributed by atoms with van der Waals surface area (Å²) >= 11 is 0. The molecule has 0 aliphatic carbocycles. The fraction of sp³-hybridized carbons (Fsp3) is 0.368. The van der Waals surface area contributed by atoms with Crippen molar-refractivity contribution in [1.82, 2.24) is 19.5 Å². The van der Waals surface area contributed by atoms with Gasteiger partial charge in [0.15, 0.2) is 17.0 Å². The first-order valence-corrected chi connectivity index (χ1v) is 9.15. The molecule has 0 saturated carbocycles. The van der Waals surface area contributed by atoms with Gasteiger partial charge in [0.1, 0.15) is 12.6 Å². The number of anilines is 1. The zero-order valence-corrected chi connectivity index (χ0v) is 15.3. The maximum atomic E-state index is 12.8. The second-order valence-electron chi connectivity index (χ2n) is 6.80. The summed E-state index contributed by atoms with van der Waals surface area (Å²) in [5.74, 6) is -0.570. The summed E-state index contributed by atoms with van der Waals surface area (Å²) in [6, 6.07) is 8.67. The molecule has 1 aliphatic rings. The van der Waals surface area contributed by atoms with Crippen LogP contribution in [0.5, 0.6) is 0 Å². The van der Waals surface area contributed by atoms with Crippen LogP contribution in [0, 0.1) is 5.92 Å². The Balaban J connectivity index is 1.59. The first-order chi connectivity index (χ1) is 14.1. The Bertz CT molecular complexity index is 998. The van der Waals surface area contributed by atoms with Crippen LogP contribution in [0.25, 0.3) is 11.2 Å². The lowest BCUT2D eigenvalue weighted by Gasteiger charge is -2.15. The molecule has 1 aromatic carbocycles. The van der Waals surface area contributed by atoms with Gasteiger partial charge in [-0.15, -0.1) is 0 Å². The highest BCUT2D eigenvalue weighted by Crippen LogP contribution is 2.38. The quantitative estimate of drug-likeness (QED) is 0.656. The largest absolute Gasteiger partial charge is 0.394 e. The summed E-state index contributed by atoms with van der Waals surface area (Å²) in [7, 11) is 0. The second-order valence-corrected chi connectivity index (χ2v) is 6.80. The number of hydrogen-bond acceptors (Lipinski definition) is 6. The van der Waals surface area contributed by atoms with E-state index in [2.05, 4.69) is 20.3 Å². The highest BCUT2D eigenvalue weighted by atomic mass is 19.3. The number of rotatable bonds is 6.